The van der Waals surface area contributed by atoms with Crippen molar-refractivity contribution in [3.05, 3.63) is 35.9 Å². The van der Waals surface area contributed by atoms with E-state index in [9.17, 15) is 9.35 Å². The molecule has 1 N–H and O–H groups in total. The van der Waals surface area contributed by atoms with Crippen molar-refractivity contribution in [3.8, 4) is 0 Å². The van der Waals surface area contributed by atoms with Crippen LogP contribution in [0.15, 0.2) is 34.7 Å². The minimum atomic E-state index is -1.28. The highest BCUT2D eigenvalue weighted by molar-refractivity contribution is 7.91. The van der Waals surface area contributed by atoms with Gasteiger partial charge in [-0.25, -0.2) is 0 Å². The van der Waals surface area contributed by atoms with Crippen molar-refractivity contribution in [2.75, 3.05) is 14.1 Å². The summed E-state index contributed by atoms with van der Waals surface area (Å²) < 4.78 is 16.7. The van der Waals surface area contributed by atoms with Crippen LogP contribution in [0.1, 0.15) is 45.6 Å². The van der Waals surface area contributed by atoms with Gasteiger partial charge in [-0.15, -0.1) is 0 Å². The molecule has 1 aromatic carbocycles. The molecule has 1 amide bonds. The van der Waals surface area contributed by atoms with Gasteiger partial charge < -0.3 is 14.8 Å². The summed E-state index contributed by atoms with van der Waals surface area (Å²) >= 11 is -1.28. The van der Waals surface area contributed by atoms with E-state index in [-0.39, 0.29) is 22.6 Å². The lowest BCUT2D eigenvalue weighted by Crippen LogP contribution is -2.45. The van der Waals surface area contributed by atoms with Crippen molar-refractivity contribution in [2.45, 2.75) is 57.4 Å². The van der Waals surface area contributed by atoms with Crippen LogP contribution in [0.25, 0.3) is 0 Å². The molecular weight excluding hydrogens is 346 g/mol. The first-order valence-electron chi connectivity index (χ1n) is 9.16. The highest BCUT2D eigenvalue weighted by atomic mass is 32.2. The number of nitrogens with zero attached hydrogens (tertiary/aromatic N) is 2. The summed E-state index contributed by atoms with van der Waals surface area (Å²) in [6, 6.07) is 10.1. The first-order chi connectivity index (χ1) is 12.2. The summed E-state index contributed by atoms with van der Waals surface area (Å²) in [4.78, 5) is 14.1. The number of hydrogen-bond acceptors (Lipinski definition) is 4. The number of amides is 1. The van der Waals surface area contributed by atoms with Gasteiger partial charge in [0.05, 0.1) is 11.8 Å². The Morgan fingerprint density at radius 3 is 2.54 bits per heavy atom. The van der Waals surface area contributed by atoms with Crippen LogP contribution in [0.2, 0.25) is 0 Å². The average molecular weight is 378 g/mol. The Balaban J connectivity index is 2.15. The topological polar surface area (TPSA) is 67.8 Å². The highest BCUT2D eigenvalue weighted by Crippen LogP contribution is 2.27. The van der Waals surface area contributed by atoms with E-state index in [0.717, 1.165) is 12.1 Å². The van der Waals surface area contributed by atoms with Crippen LogP contribution in [0, 0.1) is 5.92 Å². The third-order valence-electron chi connectivity index (χ3n) is 4.58. The van der Waals surface area contributed by atoms with Crippen molar-refractivity contribution in [1.29, 1.82) is 0 Å². The molecule has 1 fully saturated rings. The van der Waals surface area contributed by atoms with Crippen LogP contribution in [0.5, 0.6) is 0 Å². The van der Waals surface area contributed by atoms with E-state index in [1.54, 1.807) is 19.0 Å². The van der Waals surface area contributed by atoms with Crippen LogP contribution in [0.4, 0.5) is 0 Å². The maximum atomic E-state index is 12.5. The fraction of sp³-hybridized carbons (Fsp3) is 0.600. The quantitative estimate of drug-likeness (QED) is 0.802. The Morgan fingerprint density at radius 2 is 1.96 bits per heavy atom. The summed E-state index contributed by atoms with van der Waals surface area (Å²) in [5, 5.41) is 3.53. The summed E-state index contributed by atoms with van der Waals surface area (Å²) in [7, 11) is 3.60. The molecule has 1 aromatic rings. The van der Waals surface area contributed by atoms with Crippen molar-refractivity contribution < 1.29 is 9.35 Å². The lowest BCUT2D eigenvalue weighted by molar-refractivity contribution is -0.133. The molecule has 0 radical (unpaired) electrons. The molecule has 5 nitrogen and oxygen atoms in total. The Bertz CT molecular complexity index is 626. The first kappa shape index (κ1) is 20.9. The molecule has 0 spiro atoms. The van der Waals surface area contributed by atoms with Crippen molar-refractivity contribution in [2.24, 2.45) is 10.3 Å². The van der Waals surface area contributed by atoms with Gasteiger partial charge in [-0.05, 0) is 45.6 Å². The SMILES string of the molecule is CN(C)C(=O)[C@H]1CCC(=N[S+]([O-])C(C)(C)C)[C@H](NCc2ccccc2)C1. The minimum Gasteiger partial charge on any atom is -0.591 e. The zero-order valence-electron chi connectivity index (χ0n) is 16.5. The van der Waals surface area contributed by atoms with E-state index >= 15 is 0 Å². The Morgan fingerprint density at radius 1 is 1.31 bits per heavy atom. The number of carbonyl (C=O) groups is 1. The predicted octanol–water partition coefficient (Wildman–Crippen LogP) is 2.94. The van der Waals surface area contributed by atoms with Gasteiger partial charge in [0.15, 0.2) is 0 Å². The summed E-state index contributed by atoms with van der Waals surface area (Å²) in [6.07, 6.45) is 2.17. The second-order valence-corrected chi connectivity index (χ2v) is 9.97. The van der Waals surface area contributed by atoms with Gasteiger partial charge in [0, 0.05) is 26.6 Å². The lowest BCUT2D eigenvalue weighted by Gasteiger charge is -2.32. The van der Waals surface area contributed by atoms with Crippen LogP contribution in [-0.2, 0) is 22.7 Å². The maximum Gasteiger partial charge on any atom is 0.225 e. The molecule has 1 saturated carbocycles. The fourth-order valence-electron chi connectivity index (χ4n) is 3.01. The highest BCUT2D eigenvalue weighted by Gasteiger charge is 2.35. The number of rotatable bonds is 5. The molecule has 1 aliphatic rings. The van der Waals surface area contributed by atoms with Crippen LogP contribution >= 0.6 is 0 Å². The molecule has 1 unspecified atom stereocenters. The van der Waals surface area contributed by atoms with E-state index in [1.807, 2.05) is 39.0 Å². The third kappa shape index (κ3) is 5.83. The van der Waals surface area contributed by atoms with Gasteiger partial charge in [-0.1, -0.05) is 34.7 Å². The Hall–Kier alpha value is -1.37. The van der Waals surface area contributed by atoms with Gasteiger partial charge in [-0.2, -0.15) is 0 Å². The zero-order valence-corrected chi connectivity index (χ0v) is 17.3. The molecule has 0 heterocycles. The fourth-order valence-corrected chi connectivity index (χ4v) is 3.72. The minimum absolute atomic E-state index is 0.0136. The van der Waals surface area contributed by atoms with Gasteiger partial charge in [0.25, 0.3) is 0 Å². The van der Waals surface area contributed by atoms with Crippen molar-refractivity contribution in [3.63, 3.8) is 0 Å². The normalized spacial score (nSPS) is 23.7. The second-order valence-electron chi connectivity index (χ2n) is 8.07. The number of hydrogen-bond donors (Lipinski definition) is 1. The molecule has 0 saturated heterocycles. The summed E-state index contributed by atoms with van der Waals surface area (Å²) in [5.74, 6) is 0.146. The van der Waals surface area contributed by atoms with Gasteiger partial charge >= 0.3 is 0 Å². The predicted molar refractivity (Wildman–Crippen MR) is 108 cm³/mol. The molecule has 0 aliphatic heterocycles. The lowest BCUT2D eigenvalue weighted by atomic mass is 9.83. The standard InChI is InChI=1S/C20H31N3O2S/c1-20(2,3)26(25)22-17-12-11-16(19(24)23(4)5)13-18(17)21-14-15-9-7-6-8-10-15/h6-10,16,18,21H,11-14H2,1-5H3/t16-,18+,26?/m0/s1. The molecule has 144 valence electrons. The summed E-state index contributed by atoms with van der Waals surface area (Å²) in [5.41, 5.74) is 2.11. The second kappa shape index (κ2) is 9.02. The first-order valence-corrected chi connectivity index (χ1v) is 10.3. The summed E-state index contributed by atoms with van der Waals surface area (Å²) in [6.45, 7) is 6.50. The maximum absolute atomic E-state index is 12.5. The molecule has 6 heteroatoms. The van der Waals surface area contributed by atoms with Gasteiger partial charge in [-0.3, -0.25) is 4.79 Å². The van der Waals surface area contributed by atoms with E-state index in [4.69, 9.17) is 0 Å². The van der Waals surface area contributed by atoms with Gasteiger partial charge in [0.1, 0.15) is 16.1 Å². The molecule has 3 atom stereocenters. The van der Waals surface area contributed by atoms with Crippen LogP contribution in [-0.4, -0.2) is 46.0 Å². The molecule has 0 bridgehead atoms. The van der Waals surface area contributed by atoms with Crippen LogP contribution in [0.3, 0.4) is 0 Å². The third-order valence-corrected chi connectivity index (χ3v) is 6.03. The molecule has 26 heavy (non-hydrogen) atoms. The Labute approximate surface area is 160 Å². The van der Waals surface area contributed by atoms with E-state index in [0.29, 0.717) is 19.4 Å². The van der Waals surface area contributed by atoms with E-state index in [2.05, 4.69) is 21.8 Å². The Kier molecular flexibility index (Phi) is 7.26. The van der Waals surface area contributed by atoms with E-state index in [1.165, 1.54) is 5.56 Å². The van der Waals surface area contributed by atoms with Gasteiger partial charge in [0.2, 0.25) is 5.91 Å². The van der Waals surface area contributed by atoms with E-state index < -0.39 is 11.4 Å². The number of benzene rings is 1. The molecule has 1 aliphatic carbocycles. The monoisotopic (exact) mass is 377 g/mol. The molecule has 0 aromatic heterocycles. The number of nitrogens with one attached hydrogen (secondary N) is 1. The van der Waals surface area contributed by atoms with Crippen molar-refractivity contribution in [1.82, 2.24) is 10.2 Å². The zero-order chi connectivity index (χ0) is 19.3. The largest absolute Gasteiger partial charge is 0.591 e. The molecule has 2 rings (SSSR count). The molecular formula is C20H31N3O2S. The number of carbonyl (C=O) groups excluding carboxylic acids is 1. The average Bonchev–Trinajstić information content (AvgIpc) is 2.60. The smallest absolute Gasteiger partial charge is 0.225 e. The van der Waals surface area contributed by atoms with Crippen LogP contribution < -0.4 is 5.32 Å². The van der Waals surface area contributed by atoms with Crippen molar-refractivity contribution >= 4 is 23.0 Å².